The molecular weight excluding hydrogens is 277 g/mol. The Morgan fingerprint density at radius 3 is 2.14 bits per heavy atom. The van der Waals surface area contributed by atoms with Gasteiger partial charge in [0.1, 0.15) is 5.75 Å². The van der Waals surface area contributed by atoms with Gasteiger partial charge in [0.25, 0.3) is 0 Å². The number of benzene rings is 1. The third-order valence-electron chi connectivity index (χ3n) is 4.33. The second-order valence-electron chi connectivity index (χ2n) is 6.51. The number of ether oxygens (including phenoxy) is 1. The summed E-state index contributed by atoms with van der Waals surface area (Å²) >= 11 is 0. The van der Waals surface area contributed by atoms with Crippen molar-refractivity contribution in [2.24, 2.45) is 5.73 Å². The minimum absolute atomic E-state index is 0.356. The number of rotatable bonds is 5. The minimum Gasteiger partial charge on any atom is -0.494 e. The molecule has 120 valence electrons. The summed E-state index contributed by atoms with van der Waals surface area (Å²) < 4.78 is 17.6. The molecule has 22 heavy (non-hydrogen) atoms. The van der Waals surface area contributed by atoms with Crippen molar-refractivity contribution < 1.29 is 14.0 Å². The molecule has 1 saturated heterocycles. The van der Waals surface area contributed by atoms with Crippen molar-refractivity contribution in [3.8, 4) is 5.75 Å². The average molecular weight is 303 g/mol. The zero-order chi connectivity index (χ0) is 16.4. The van der Waals surface area contributed by atoms with Crippen molar-refractivity contribution in [1.82, 2.24) is 0 Å². The Hall–Kier alpha value is -1.30. The smallest absolute Gasteiger partial charge is 0.491 e. The molecule has 0 spiro atoms. The third kappa shape index (κ3) is 3.54. The Bertz CT molecular complexity index is 521. The molecule has 0 saturated carbocycles. The summed E-state index contributed by atoms with van der Waals surface area (Å²) in [5, 5.41) is 0. The Kier molecular flexibility index (Phi) is 5.00. The molecule has 1 aliphatic rings. The van der Waals surface area contributed by atoms with E-state index in [2.05, 4.69) is 0 Å². The van der Waals surface area contributed by atoms with Crippen LogP contribution in [0.5, 0.6) is 5.75 Å². The van der Waals surface area contributed by atoms with E-state index in [4.69, 9.17) is 19.8 Å². The first-order chi connectivity index (χ1) is 10.3. The van der Waals surface area contributed by atoms with Gasteiger partial charge < -0.3 is 19.8 Å². The zero-order valence-corrected chi connectivity index (χ0v) is 14.2. The molecular formula is C17H26BNO3. The first-order valence-corrected chi connectivity index (χ1v) is 7.78. The molecule has 0 amide bonds. The van der Waals surface area contributed by atoms with Crippen molar-refractivity contribution in [2.75, 3.05) is 13.2 Å². The van der Waals surface area contributed by atoms with Crippen LogP contribution in [-0.4, -0.2) is 31.5 Å². The number of hydrogen-bond acceptors (Lipinski definition) is 4. The number of hydrogen-bond donors (Lipinski definition) is 1. The van der Waals surface area contributed by atoms with Gasteiger partial charge in [0, 0.05) is 6.54 Å². The van der Waals surface area contributed by atoms with Crippen LogP contribution in [0.15, 0.2) is 29.7 Å². The molecule has 1 aromatic rings. The van der Waals surface area contributed by atoms with Crippen molar-refractivity contribution in [1.29, 1.82) is 0 Å². The first kappa shape index (κ1) is 17.1. The van der Waals surface area contributed by atoms with Crippen LogP contribution in [0.3, 0.4) is 0 Å². The standard InChI is InChI=1S/C17H26BNO3/c1-6-20-15-9-7-13(8-10-15)11-14(12-19)18-21-16(2,3)17(4,5)22-18/h7-11H,6,12,19H2,1-5H3. The molecule has 2 N–H and O–H groups in total. The molecule has 0 atom stereocenters. The Morgan fingerprint density at radius 1 is 1.14 bits per heavy atom. The Morgan fingerprint density at radius 2 is 1.68 bits per heavy atom. The van der Waals surface area contributed by atoms with Gasteiger partial charge in [0.2, 0.25) is 0 Å². The molecule has 1 heterocycles. The summed E-state index contributed by atoms with van der Waals surface area (Å²) in [6.07, 6.45) is 2.03. The molecule has 0 aliphatic carbocycles. The van der Waals surface area contributed by atoms with Gasteiger partial charge in [-0.25, -0.2) is 0 Å². The second kappa shape index (κ2) is 6.45. The fourth-order valence-corrected chi connectivity index (χ4v) is 2.26. The van der Waals surface area contributed by atoms with E-state index in [1.54, 1.807) is 0 Å². The third-order valence-corrected chi connectivity index (χ3v) is 4.33. The Balaban J connectivity index is 2.18. The molecule has 5 heteroatoms. The van der Waals surface area contributed by atoms with Crippen LogP contribution >= 0.6 is 0 Å². The van der Waals surface area contributed by atoms with Crippen LogP contribution in [0, 0.1) is 0 Å². The topological polar surface area (TPSA) is 53.7 Å². The summed E-state index contributed by atoms with van der Waals surface area (Å²) in [5.41, 5.74) is 7.18. The largest absolute Gasteiger partial charge is 0.494 e. The van der Waals surface area contributed by atoms with Gasteiger partial charge in [0.05, 0.1) is 17.8 Å². The molecule has 0 radical (unpaired) electrons. The highest BCUT2D eigenvalue weighted by atomic mass is 16.7. The highest BCUT2D eigenvalue weighted by Gasteiger charge is 2.52. The minimum atomic E-state index is -0.401. The number of nitrogens with two attached hydrogens (primary N) is 1. The summed E-state index contributed by atoms with van der Waals surface area (Å²) in [4.78, 5) is 0. The molecule has 1 aromatic carbocycles. The lowest BCUT2D eigenvalue weighted by Crippen LogP contribution is -2.41. The van der Waals surface area contributed by atoms with Crippen LogP contribution in [0.1, 0.15) is 40.2 Å². The first-order valence-electron chi connectivity index (χ1n) is 7.78. The predicted octanol–water partition coefficient (Wildman–Crippen LogP) is 3.06. The SMILES string of the molecule is CCOc1ccc(C=C(CN)B2OC(C)(C)C(C)(C)O2)cc1. The summed E-state index contributed by atoms with van der Waals surface area (Å²) in [6.45, 7) is 11.2. The van der Waals surface area contributed by atoms with E-state index in [1.807, 2.05) is 65.0 Å². The van der Waals surface area contributed by atoms with E-state index in [0.29, 0.717) is 13.2 Å². The highest BCUT2D eigenvalue weighted by Crippen LogP contribution is 2.38. The predicted molar refractivity (Wildman–Crippen MR) is 90.7 cm³/mol. The van der Waals surface area contributed by atoms with E-state index >= 15 is 0 Å². The van der Waals surface area contributed by atoms with Gasteiger partial charge in [-0.05, 0) is 57.8 Å². The molecule has 2 rings (SSSR count). The van der Waals surface area contributed by atoms with E-state index in [9.17, 15) is 0 Å². The van der Waals surface area contributed by atoms with Gasteiger partial charge in [-0.2, -0.15) is 0 Å². The normalized spacial score (nSPS) is 20.3. The van der Waals surface area contributed by atoms with Gasteiger partial charge >= 0.3 is 7.12 Å². The lowest BCUT2D eigenvalue weighted by molar-refractivity contribution is 0.00578. The van der Waals surface area contributed by atoms with Gasteiger partial charge in [0.15, 0.2) is 0 Å². The Labute approximate surface area is 133 Å². The molecule has 0 aromatic heterocycles. The van der Waals surface area contributed by atoms with Crippen molar-refractivity contribution in [3.63, 3.8) is 0 Å². The van der Waals surface area contributed by atoms with Crippen LogP contribution in [-0.2, 0) is 9.31 Å². The zero-order valence-electron chi connectivity index (χ0n) is 14.2. The molecule has 1 aliphatic heterocycles. The maximum absolute atomic E-state index is 6.06. The van der Waals surface area contributed by atoms with E-state index in [-0.39, 0.29) is 11.2 Å². The summed E-state index contributed by atoms with van der Waals surface area (Å²) in [5.74, 6) is 0.865. The lowest BCUT2D eigenvalue weighted by Gasteiger charge is -2.32. The van der Waals surface area contributed by atoms with Gasteiger partial charge in [-0.1, -0.05) is 18.2 Å². The van der Waals surface area contributed by atoms with Crippen LogP contribution < -0.4 is 10.5 Å². The van der Waals surface area contributed by atoms with Crippen LogP contribution in [0.2, 0.25) is 0 Å². The lowest BCUT2D eigenvalue weighted by atomic mass is 9.77. The van der Waals surface area contributed by atoms with E-state index < -0.39 is 7.12 Å². The highest BCUT2D eigenvalue weighted by molar-refractivity contribution is 6.55. The van der Waals surface area contributed by atoms with Crippen molar-refractivity contribution >= 4 is 13.2 Å². The van der Waals surface area contributed by atoms with E-state index in [0.717, 1.165) is 16.8 Å². The average Bonchev–Trinajstić information content (AvgIpc) is 2.67. The van der Waals surface area contributed by atoms with Crippen LogP contribution in [0.25, 0.3) is 6.08 Å². The fraction of sp³-hybridized carbons (Fsp3) is 0.529. The van der Waals surface area contributed by atoms with Crippen LogP contribution in [0.4, 0.5) is 0 Å². The van der Waals surface area contributed by atoms with E-state index in [1.165, 1.54) is 0 Å². The van der Waals surface area contributed by atoms with Gasteiger partial charge in [-0.15, -0.1) is 0 Å². The fourth-order valence-electron chi connectivity index (χ4n) is 2.26. The maximum atomic E-state index is 6.06. The summed E-state index contributed by atoms with van der Waals surface area (Å²) in [6, 6.07) is 7.92. The van der Waals surface area contributed by atoms with Crippen molar-refractivity contribution in [2.45, 2.75) is 45.8 Å². The summed E-state index contributed by atoms with van der Waals surface area (Å²) in [7, 11) is -0.401. The quantitative estimate of drug-likeness (QED) is 0.849. The molecule has 4 nitrogen and oxygen atoms in total. The molecule has 0 unspecified atom stereocenters. The van der Waals surface area contributed by atoms with Crippen molar-refractivity contribution in [3.05, 3.63) is 35.3 Å². The molecule has 0 bridgehead atoms. The van der Waals surface area contributed by atoms with Gasteiger partial charge in [-0.3, -0.25) is 0 Å². The maximum Gasteiger partial charge on any atom is 0.491 e. The monoisotopic (exact) mass is 303 g/mol. The second-order valence-corrected chi connectivity index (χ2v) is 6.51. The molecule has 1 fully saturated rings.